The van der Waals surface area contributed by atoms with Crippen LogP contribution in [-0.2, 0) is 25.7 Å². The van der Waals surface area contributed by atoms with Gasteiger partial charge in [0.05, 0.1) is 25.4 Å². The Labute approximate surface area is 140 Å². The Balaban J connectivity index is 2.71. The van der Waals surface area contributed by atoms with Crippen molar-refractivity contribution in [2.75, 3.05) is 21.3 Å². The first-order valence-electron chi connectivity index (χ1n) is 7.21. The number of aliphatic hydroxyl groups is 1. The van der Waals surface area contributed by atoms with Crippen molar-refractivity contribution in [3.63, 3.8) is 0 Å². The second-order valence-corrected chi connectivity index (χ2v) is 4.87. The molecule has 0 aliphatic carbocycles. The first kappa shape index (κ1) is 17.6. The van der Waals surface area contributed by atoms with Gasteiger partial charge in [-0.3, -0.25) is 0 Å². The van der Waals surface area contributed by atoms with Crippen molar-refractivity contribution in [3.8, 4) is 12.0 Å². The zero-order valence-corrected chi connectivity index (χ0v) is 13.8. The van der Waals surface area contributed by atoms with Crippen molar-refractivity contribution >= 4 is 22.9 Å². The van der Waals surface area contributed by atoms with Gasteiger partial charge in [0, 0.05) is 24.1 Å². The van der Waals surface area contributed by atoms with E-state index < -0.39 is 12.1 Å². The predicted octanol–water partition coefficient (Wildman–Crippen LogP) is 2.07. The van der Waals surface area contributed by atoms with Crippen molar-refractivity contribution in [1.82, 2.24) is 4.57 Å². The summed E-state index contributed by atoms with van der Waals surface area (Å²) in [4.78, 5) is 11.5. The molecule has 2 aromatic rings. The molecule has 126 valence electrons. The van der Waals surface area contributed by atoms with E-state index in [1.54, 1.807) is 17.8 Å². The molecule has 1 aromatic carbocycles. The lowest BCUT2D eigenvalue weighted by Gasteiger charge is -2.12. The van der Waals surface area contributed by atoms with Crippen molar-refractivity contribution in [1.29, 1.82) is 0 Å². The number of rotatable bonds is 5. The number of para-hydroxylation sites is 1. The van der Waals surface area contributed by atoms with Crippen LogP contribution in [0.5, 0.6) is 0 Å². The number of hydrogen-bond donors (Lipinski definition) is 1. The summed E-state index contributed by atoms with van der Waals surface area (Å²) in [5, 5.41) is 11.3. The summed E-state index contributed by atoms with van der Waals surface area (Å²) in [7, 11) is 4.29. The quantitative estimate of drug-likeness (QED) is 0.517. The SMILES string of the molecule is COC#CC(O)c1c(/C=C/C(=O)OC)c2ccccc2n1COC. The molecule has 0 radical (unpaired) electrons. The van der Waals surface area contributed by atoms with Crippen LogP contribution in [0.2, 0.25) is 0 Å². The molecule has 0 saturated heterocycles. The molecule has 0 bridgehead atoms. The Morgan fingerprint density at radius 2 is 2.08 bits per heavy atom. The first-order valence-corrected chi connectivity index (χ1v) is 7.21. The number of hydrogen-bond acceptors (Lipinski definition) is 5. The van der Waals surface area contributed by atoms with E-state index in [0.717, 1.165) is 10.9 Å². The third-order valence-corrected chi connectivity index (χ3v) is 3.45. The molecule has 2 rings (SSSR count). The van der Waals surface area contributed by atoms with E-state index in [1.807, 2.05) is 24.3 Å². The Bertz CT molecular complexity index is 810. The average molecular weight is 329 g/mol. The minimum atomic E-state index is -1.11. The van der Waals surface area contributed by atoms with E-state index >= 15 is 0 Å². The van der Waals surface area contributed by atoms with E-state index in [0.29, 0.717) is 11.3 Å². The lowest BCUT2D eigenvalue weighted by atomic mass is 10.1. The Morgan fingerprint density at radius 3 is 2.75 bits per heavy atom. The maximum Gasteiger partial charge on any atom is 0.330 e. The number of aliphatic hydroxyl groups excluding tert-OH is 1. The van der Waals surface area contributed by atoms with Crippen LogP contribution in [0.4, 0.5) is 0 Å². The van der Waals surface area contributed by atoms with E-state index in [9.17, 15) is 9.90 Å². The van der Waals surface area contributed by atoms with Gasteiger partial charge in [0.1, 0.15) is 12.8 Å². The fourth-order valence-electron chi connectivity index (χ4n) is 2.49. The number of ether oxygens (including phenoxy) is 3. The van der Waals surface area contributed by atoms with Crippen LogP contribution in [0.3, 0.4) is 0 Å². The van der Waals surface area contributed by atoms with Crippen molar-refractivity contribution in [2.45, 2.75) is 12.8 Å². The fourth-order valence-corrected chi connectivity index (χ4v) is 2.49. The van der Waals surface area contributed by atoms with Gasteiger partial charge in [-0.05, 0) is 18.1 Å². The highest BCUT2D eigenvalue weighted by Gasteiger charge is 2.20. The van der Waals surface area contributed by atoms with Gasteiger partial charge >= 0.3 is 5.97 Å². The molecule has 6 heteroatoms. The number of aromatic nitrogens is 1. The molecule has 1 atom stereocenters. The van der Waals surface area contributed by atoms with Gasteiger partial charge in [0.2, 0.25) is 0 Å². The van der Waals surface area contributed by atoms with Gasteiger partial charge in [-0.2, -0.15) is 0 Å². The summed E-state index contributed by atoms with van der Waals surface area (Å²) >= 11 is 0. The summed E-state index contributed by atoms with van der Waals surface area (Å²) in [6.07, 6.45) is 4.20. The summed E-state index contributed by atoms with van der Waals surface area (Å²) in [6.45, 7) is 0.230. The number of nitrogens with zero attached hydrogens (tertiary/aromatic N) is 1. The highest BCUT2D eigenvalue weighted by molar-refractivity contribution is 5.95. The lowest BCUT2D eigenvalue weighted by Crippen LogP contribution is -2.09. The molecule has 0 spiro atoms. The van der Waals surface area contributed by atoms with Crippen molar-refractivity contribution in [3.05, 3.63) is 41.6 Å². The van der Waals surface area contributed by atoms with Crippen molar-refractivity contribution in [2.24, 2.45) is 0 Å². The van der Waals surface area contributed by atoms with Gasteiger partial charge in [0.25, 0.3) is 0 Å². The van der Waals surface area contributed by atoms with Gasteiger partial charge in [0.15, 0.2) is 6.10 Å². The molecule has 6 nitrogen and oxygen atoms in total. The highest BCUT2D eigenvalue weighted by atomic mass is 16.5. The van der Waals surface area contributed by atoms with Crippen LogP contribution in [-0.4, -0.2) is 37.0 Å². The molecule has 24 heavy (non-hydrogen) atoms. The number of fused-ring (bicyclic) bond motifs is 1. The van der Waals surface area contributed by atoms with Crippen LogP contribution < -0.4 is 0 Å². The van der Waals surface area contributed by atoms with Crippen LogP contribution in [0, 0.1) is 12.0 Å². The molecule has 1 unspecified atom stereocenters. The Morgan fingerprint density at radius 1 is 1.33 bits per heavy atom. The second kappa shape index (κ2) is 8.20. The molecular weight excluding hydrogens is 310 g/mol. The summed E-state index contributed by atoms with van der Waals surface area (Å²) in [5.74, 6) is 2.12. The molecule has 1 heterocycles. The van der Waals surface area contributed by atoms with E-state index in [1.165, 1.54) is 20.3 Å². The van der Waals surface area contributed by atoms with E-state index in [-0.39, 0.29) is 6.73 Å². The molecule has 1 N–H and O–H groups in total. The second-order valence-electron chi connectivity index (χ2n) is 4.87. The van der Waals surface area contributed by atoms with Crippen LogP contribution in [0.25, 0.3) is 17.0 Å². The molecule has 0 aliphatic rings. The number of esters is 1. The lowest BCUT2D eigenvalue weighted by molar-refractivity contribution is -0.134. The van der Waals surface area contributed by atoms with Crippen LogP contribution >= 0.6 is 0 Å². The first-order chi connectivity index (χ1) is 11.6. The van der Waals surface area contributed by atoms with E-state index in [4.69, 9.17) is 9.47 Å². The molecule has 0 saturated carbocycles. The summed E-state index contributed by atoms with van der Waals surface area (Å²) < 4.78 is 16.4. The number of carbonyl (C=O) groups is 1. The normalized spacial score (nSPS) is 12.0. The standard InChI is InChI=1S/C18H19NO5/c1-22-11-10-16(20)18-14(8-9-17(21)24-3)13-6-4-5-7-15(13)19(18)12-23-2/h4-9,16,20H,12H2,1-3H3/b9-8+. The number of methoxy groups -OCH3 is 3. The van der Waals surface area contributed by atoms with Crippen molar-refractivity contribution < 1.29 is 24.1 Å². The summed E-state index contributed by atoms with van der Waals surface area (Å²) in [5.41, 5.74) is 2.05. The molecular formula is C18H19NO5. The topological polar surface area (TPSA) is 69.9 Å². The minimum Gasteiger partial charge on any atom is -0.466 e. The molecule has 0 fully saturated rings. The van der Waals surface area contributed by atoms with E-state index in [2.05, 4.69) is 16.8 Å². The van der Waals surface area contributed by atoms with Gasteiger partial charge in [-0.15, -0.1) is 0 Å². The Kier molecular flexibility index (Phi) is 6.01. The monoisotopic (exact) mass is 329 g/mol. The largest absolute Gasteiger partial charge is 0.466 e. The average Bonchev–Trinajstić information content (AvgIpc) is 2.92. The zero-order chi connectivity index (χ0) is 17.5. The molecule has 1 aromatic heterocycles. The summed E-state index contributed by atoms with van der Waals surface area (Å²) in [6, 6.07) is 7.58. The van der Waals surface area contributed by atoms with Gasteiger partial charge in [-0.25, -0.2) is 4.79 Å². The van der Waals surface area contributed by atoms with Crippen LogP contribution in [0.1, 0.15) is 17.4 Å². The van der Waals surface area contributed by atoms with Crippen LogP contribution in [0.15, 0.2) is 30.3 Å². The predicted molar refractivity (Wildman–Crippen MR) is 89.7 cm³/mol. The number of benzene rings is 1. The van der Waals surface area contributed by atoms with Gasteiger partial charge in [-0.1, -0.05) is 18.2 Å². The maximum atomic E-state index is 11.5. The minimum absolute atomic E-state index is 0.230. The molecule has 0 aliphatic heterocycles. The zero-order valence-electron chi connectivity index (χ0n) is 13.8. The number of carbonyl (C=O) groups excluding carboxylic acids is 1. The fraction of sp³-hybridized carbons (Fsp3) is 0.278. The Hall–Kier alpha value is -2.75. The third-order valence-electron chi connectivity index (χ3n) is 3.45. The maximum absolute atomic E-state index is 11.5. The smallest absolute Gasteiger partial charge is 0.330 e. The molecule has 0 amide bonds. The highest BCUT2D eigenvalue weighted by Crippen LogP contribution is 2.31. The van der Waals surface area contributed by atoms with Gasteiger partial charge < -0.3 is 23.9 Å². The third kappa shape index (κ3) is 3.59.